The predicted molar refractivity (Wildman–Crippen MR) is 143 cm³/mol. The fourth-order valence-corrected chi connectivity index (χ4v) is 4.76. The minimum absolute atomic E-state index is 0.0180. The molecular formula is C30H30ClF3N2O. The molecule has 1 aromatic heterocycles. The minimum Gasteiger partial charge on any atom is -0.356 e. The molecule has 0 aliphatic carbocycles. The SMILES string of the molecule is Cc1ccc(Cn2cc([C@@H](CC(=O)NCC(C)C)c3ccc(Cl)c(C(F)(F)F)c3)c3ccccc32)cc1. The van der Waals surface area contributed by atoms with Crippen LogP contribution < -0.4 is 5.32 Å². The first-order chi connectivity index (χ1) is 17.5. The normalized spacial score (nSPS) is 12.8. The first-order valence-electron chi connectivity index (χ1n) is 12.3. The third kappa shape index (κ3) is 6.37. The van der Waals surface area contributed by atoms with Crippen LogP contribution in [0.3, 0.4) is 0 Å². The van der Waals surface area contributed by atoms with Gasteiger partial charge >= 0.3 is 6.18 Å². The summed E-state index contributed by atoms with van der Waals surface area (Å²) in [4.78, 5) is 13.0. The highest BCUT2D eigenvalue weighted by molar-refractivity contribution is 6.31. The second-order valence-corrected chi connectivity index (χ2v) is 10.3. The molecule has 3 nitrogen and oxygen atoms in total. The van der Waals surface area contributed by atoms with Gasteiger partial charge < -0.3 is 9.88 Å². The van der Waals surface area contributed by atoms with E-state index < -0.39 is 17.7 Å². The van der Waals surface area contributed by atoms with E-state index in [9.17, 15) is 18.0 Å². The number of carbonyl (C=O) groups excluding carboxylic acids is 1. The summed E-state index contributed by atoms with van der Waals surface area (Å²) >= 11 is 5.92. The molecule has 0 aliphatic rings. The van der Waals surface area contributed by atoms with E-state index in [2.05, 4.69) is 34.1 Å². The molecule has 0 saturated heterocycles. The second kappa shape index (κ2) is 11.0. The van der Waals surface area contributed by atoms with Crippen LogP contribution in [-0.2, 0) is 17.5 Å². The number of carbonyl (C=O) groups is 1. The van der Waals surface area contributed by atoms with Crippen LogP contribution in [0.5, 0.6) is 0 Å². The van der Waals surface area contributed by atoms with Gasteiger partial charge in [-0.1, -0.05) is 79.5 Å². The highest BCUT2D eigenvalue weighted by atomic mass is 35.5. The molecule has 1 atom stereocenters. The lowest BCUT2D eigenvalue weighted by atomic mass is 9.87. The van der Waals surface area contributed by atoms with Crippen molar-refractivity contribution in [3.8, 4) is 0 Å². The molecule has 4 rings (SSSR count). The van der Waals surface area contributed by atoms with Gasteiger partial charge in [-0.3, -0.25) is 4.79 Å². The number of para-hydroxylation sites is 1. The summed E-state index contributed by atoms with van der Waals surface area (Å²) in [6.45, 7) is 7.11. The molecule has 0 radical (unpaired) electrons. The van der Waals surface area contributed by atoms with Gasteiger partial charge in [0, 0.05) is 42.5 Å². The van der Waals surface area contributed by atoms with Gasteiger partial charge in [0.2, 0.25) is 5.91 Å². The molecule has 0 bridgehead atoms. The number of aryl methyl sites for hydroxylation is 1. The van der Waals surface area contributed by atoms with Crippen molar-refractivity contribution < 1.29 is 18.0 Å². The van der Waals surface area contributed by atoms with Crippen molar-refractivity contribution in [2.24, 2.45) is 5.92 Å². The quantitative estimate of drug-likeness (QED) is 0.248. The van der Waals surface area contributed by atoms with Gasteiger partial charge in [0.1, 0.15) is 0 Å². The Bertz CT molecular complexity index is 1390. The van der Waals surface area contributed by atoms with E-state index in [1.54, 1.807) is 6.07 Å². The number of nitrogens with one attached hydrogen (secondary N) is 1. The number of alkyl halides is 3. The number of fused-ring (bicyclic) bond motifs is 1. The van der Waals surface area contributed by atoms with E-state index in [1.807, 2.05) is 51.2 Å². The Morgan fingerprint density at radius 2 is 1.73 bits per heavy atom. The van der Waals surface area contributed by atoms with Gasteiger partial charge in [-0.25, -0.2) is 0 Å². The molecule has 7 heteroatoms. The van der Waals surface area contributed by atoms with Crippen molar-refractivity contribution in [2.75, 3.05) is 6.54 Å². The zero-order valence-electron chi connectivity index (χ0n) is 21.1. The third-order valence-electron chi connectivity index (χ3n) is 6.46. The lowest BCUT2D eigenvalue weighted by molar-refractivity contribution is -0.137. The maximum Gasteiger partial charge on any atom is 0.417 e. The van der Waals surface area contributed by atoms with Crippen molar-refractivity contribution in [2.45, 2.75) is 45.8 Å². The Hall–Kier alpha value is -3.25. The predicted octanol–water partition coefficient (Wildman–Crippen LogP) is 7.96. The first kappa shape index (κ1) is 26.8. The van der Waals surface area contributed by atoms with Gasteiger partial charge in [-0.2, -0.15) is 13.2 Å². The molecule has 0 spiro atoms. The summed E-state index contributed by atoms with van der Waals surface area (Å²) in [6, 6.07) is 20.0. The van der Waals surface area contributed by atoms with E-state index in [4.69, 9.17) is 11.6 Å². The average molecular weight is 527 g/mol. The van der Waals surface area contributed by atoms with E-state index in [-0.39, 0.29) is 23.3 Å². The molecule has 1 amide bonds. The number of nitrogens with zero attached hydrogens (tertiary/aromatic N) is 1. The maximum atomic E-state index is 13.7. The lowest BCUT2D eigenvalue weighted by Crippen LogP contribution is -2.28. The summed E-state index contributed by atoms with van der Waals surface area (Å²) in [7, 11) is 0. The second-order valence-electron chi connectivity index (χ2n) is 9.91. The van der Waals surface area contributed by atoms with E-state index in [0.717, 1.165) is 33.7 Å². The molecular weight excluding hydrogens is 497 g/mol. The van der Waals surface area contributed by atoms with E-state index in [1.165, 1.54) is 6.07 Å². The zero-order valence-corrected chi connectivity index (χ0v) is 21.8. The minimum atomic E-state index is -4.60. The van der Waals surface area contributed by atoms with E-state index >= 15 is 0 Å². The Balaban J connectivity index is 1.82. The van der Waals surface area contributed by atoms with Gasteiger partial charge in [-0.15, -0.1) is 0 Å². The number of rotatable bonds is 8. The molecule has 4 aromatic rings. The van der Waals surface area contributed by atoms with Crippen molar-refractivity contribution in [1.82, 2.24) is 9.88 Å². The Morgan fingerprint density at radius 1 is 1.03 bits per heavy atom. The molecule has 0 aliphatic heterocycles. The van der Waals surface area contributed by atoms with Gasteiger partial charge in [-0.05, 0) is 47.7 Å². The molecule has 194 valence electrons. The van der Waals surface area contributed by atoms with Crippen LogP contribution in [0.15, 0.2) is 72.9 Å². The highest BCUT2D eigenvalue weighted by Gasteiger charge is 2.34. The first-order valence-corrected chi connectivity index (χ1v) is 12.7. The van der Waals surface area contributed by atoms with Crippen LogP contribution in [0.1, 0.15) is 54.0 Å². The largest absolute Gasteiger partial charge is 0.417 e. The topological polar surface area (TPSA) is 34.0 Å². The number of amides is 1. The van der Waals surface area contributed by atoms with Crippen LogP contribution in [0.25, 0.3) is 10.9 Å². The lowest BCUT2D eigenvalue weighted by Gasteiger charge is -2.20. The molecule has 0 saturated carbocycles. The molecule has 3 aromatic carbocycles. The zero-order chi connectivity index (χ0) is 26.7. The van der Waals surface area contributed by atoms with Gasteiger partial charge in [0.25, 0.3) is 0 Å². The molecule has 1 N–H and O–H groups in total. The number of hydrogen-bond acceptors (Lipinski definition) is 1. The number of benzene rings is 3. The summed E-state index contributed by atoms with van der Waals surface area (Å²) in [5.41, 5.74) is 3.53. The van der Waals surface area contributed by atoms with Crippen LogP contribution in [0.2, 0.25) is 5.02 Å². The maximum absolute atomic E-state index is 13.7. The smallest absolute Gasteiger partial charge is 0.356 e. The summed E-state index contributed by atoms with van der Waals surface area (Å²) in [5.74, 6) is -0.543. The highest BCUT2D eigenvalue weighted by Crippen LogP contribution is 2.40. The van der Waals surface area contributed by atoms with Crippen molar-refractivity contribution in [1.29, 1.82) is 0 Å². The van der Waals surface area contributed by atoms with Crippen LogP contribution in [0, 0.1) is 12.8 Å². The number of halogens is 4. The fourth-order valence-electron chi connectivity index (χ4n) is 4.53. The monoisotopic (exact) mass is 526 g/mol. The molecule has 1 heterocycles. The van der Waals surface area contributed by atoms with Crippen molar-refractivity contribution in [3.05, 3.63) is 106 Å². The van der Waals surface area contributed by atoms with Crippen molar-refractivity contribution in [3.63, 3.8) is 0 Å². The van der Waals surface area contributed by atoms with Crippen LogP contribution >= 0.6 is 11.6 Å². The Morgan fingerprint density at radius 3 is 2.41 bits per heavy atom. The molecule has 0 unspecified atom stereocenters. The van der Waals surface area contributed by atoms with E-state index in [0.29, 0.717) is 18.7 Å². The number of aromatic nitrogens is 1. The molecule has 0 fully saturated rings. The van der Waals surface area contributed by atoms with Gasteiger partial charge in [0.05, 0.1) is 10.6 Å². The van der Waals surface area contributed by atoms with Crippen molar-refractivity contribution >= 4 is 28.4 Å². The fraction of sp³-hybridized carbons (Fsp3) is 0.300. The Labute approximate surface area is 220 Å². The molecule has 37 heavy (non-hydrogen) atoms. The standard InChI is InChI=1S/C30H30ClF3N2O/c1-19(2)16-35-29(37)15-24(22-12-13-27(31)26(14-22)30(32,33)34)25-18-36(28-7-5-4-6-23(25)28)17-21-10-8-20(3)9-11-21/h4-14,18-19,24H,15-17H2,1-3H3,(H,35,37)/t24-/m0/s1. The summed E-state index contributed by atoms with van der Waals surface area (Å²) in [6.07, 6.45) is -2.62. The number of hydrogen-bond donors (Lipinski definition) is 1. The third-order valence-corrected chi connectivity index (χ3v) is 6.79. The average Bonchev–Trinajstić information content (AvgIpc) is 3.20. The van der Waals surface area contributed by atoms with Crippen LogP contribution in [0.4, 0.5) is 13.2 Å². The van der Waals surface area contributed by atoms with Gasteiger partial charge in [0.15, 0.2) is 0 Å². The van der Waals surface area contributed by atoms with Crippen LogP contribution in [-0.4, -0.2) is 17.0 Å². The summed E-state index contributed by atoms with van der Waals surface area (Å²) in [5, 5.41) is 3.46. The summed E-state index contributed by atoms with van der Waals surface area (Å²) < 4.78 is 43.3. The Kier molecular flexibility index (Phi) is 7.98.